The molecule has 1 aliphatic carbocycles. The van der Waals surface area contributed by atoms with Crippen molar-refractivity contribution in [3.63, 3.8) is 0 Å². The van der Waals surface area contributed by atoms with Crippen LogP contribution in [0.15, 0.2) is 29.3 Å². The lowest BCUT2D eigenvalue weighted by Gasteiger charge is -2.21. The number of nitrogens with one attached hydrogen (secondary N) is 3. The summed E-state index contributed by atoms with van der Waals surface area (Å²) in [5, 5.41) is 9.97. The number of anilines is 1. The SMILES string of the molecule is CCNC(=NCc1cccc(NC(=O)C2CCCC2)c1)NC(C)CCCN(CC)CC. The smallest absolute Gasteiger partial charge is 0.227 e. The highest BCUT2D eigenvalue weighted by Gasteiger charge is 2.22. The van der Waals surface area contributed by atoms with E-state index < -0.39 is 0 Å². The number of amides is 1. The van der Waals surface area contributed by atoms with E-state index >= 15 is 0 Å². The second-order valence-electron chi connectivity index (χ2n) is 8.58. The molecule has 6 heteroatoms. The van der Waals surface area contributed by atoms with Crippen LogP contribution in [0, 0.1) is 5.92 Å². The van der Waals surface area contributed by atoms with Crippen LogP contribution in [-0.4, -0.2) is 49.0 Å². The largest absolute Gasteiger partial charge is 0.357 e. The Labute approximate surface area is 189 Å². The monoisotopic (exact) mass is 429 g/mol. The van der Waals surface area contributed by atoms with E-state index in [0.717, 1.165) is 62.7 Å². The number of carbonyl (C=O) groups is 1. The van der Waals surface area contributed by atoms with Gasteiger partial charge in [-0.15, -0.1) is 0 Å². The van der Waals surface area contributed by atoms with E-state index in [9.17, 15) is 4.79 Å². The molecule has 1 fully saturated rings. The number of guanidine groups is 1. The van der Waals surface area contributed by atoms with Crippen LogP contribution in [0.25, 0.3) is 0 Å². The Morgan fingerprint density at radius 1 is 1.19 bits per heavy atom. The summed E-state index contributed by atoms with van der Waals surface area (Å²) < 4.78 is 0. The van der Waals surface area contributed by atoms with Crippen molar-refractivity contribution in [1.82, 2.24) is 15.5 Å². The van der Waals surface area contributed by atoms with Gasteiger partial charge in [0, 0.05) is 24.2 Å². The van der Waals surface area contributed by atoms with Gasteiger partial charge in [0.05, 0.1) is 6.54 Å². The molecule has 0 radical (unpaired) electrons. The van der Waals surface area contributed by atoms with Crippen LogP contribution in [0.1, 0.15) is 71.8 Å². The number of nitrogens with zero attached hydrogens (tertiary/aromatic N) is 2. The van der Waals surface area contributed by atoms with Crippen molar-refractivity contribution in [2.45, 2.75) is 78.8 Å². The molecule has 1 aromatic rings. The summed E-state index contributed by atoms with van der Waals surface area (Å²) in [7, 11) is 0. The third-order valence-electron chi connectivity index (χ3n) is 6.07. The molecule has 0 aliphatic heterocycles. The Bertz CT molecular complexity index is 680. The van der Waals surface area contributed by atoms with E-state index in [1.165, 1.54) is 19.3 Å². The van der Waals surface area contributed by atoms with Crippen LogP contribution >= 0.6 is 0 Å². The van der Waals surface area contributed by atoms with Gasteiger partial charge in [-0.2, -0.15) is 0 Å². The van der Waals surface area contributed by atoms with Crippen molar-refractivity contribution < 1.29 is 4.79 Å². The van der Waals surface area contributed by atoms with Crippen molar-refractivity contribution in [3.8, 4) is 0 Å². The van der Waals surface area contributed by atoms with Crippen LogP contribution in [0.2, 0.25) is 0 Å². The molecule has 31 heavy (non-hydrogen) atoms. The Kier molecular flexibility index (Phi) is 11.4. The summed E-state index contributed by atoms with van der Waals surface area (Å²) in [4.78, 5) is 19.6. The van der Waals surface area contributed by atoms with Crippen LogP contribution < -0.4 is 16.0 Å². The molecule has 0 aromatic heterocycles. The molecule has 1 aromatic carbocycles. The minimum absolute atomic E-state index is 0.159. The highest BCUT2D eigenvalue weighted by Crippen LogP contribution is 2.26. The maximum atomic E-state index is 12.4. The maximum absolute atomic E-state index is 12.4. The van der Waals surface area contributed by atoms with Crippen molar-refractivity contribution in [1.29, 1.82) is 0 Å². The molecule has 2 rings (SSSR count). The predicted molar refractivity (Wildman–Crippen MR) is 131 cm³/mol. The van der Waals surface area contributed by atoms with Gasteiger partial charge in [0.2, 0.25) is 5.91 Å². The van der Waals surface area contributed by atoms with Crippen LogP contribution in [0.5, 0.6) is 0 Å². The molecule has 1 atom stereocenters. The summed E-state index contributed by atoms with van der Waals surface area (Å²) in [5.74, 6) is 1.18. The van der Waals surface area contributed by atoms with Gasteiger partial charge >= 0.3 is 0 Å². The number of hydrogen-bond acceptors (Lipinski definition) is 3. The molecule has 1 unspecified atom stereocenters. The third kappa shape index (κ3) is 9.30. The first-order valence-corrected chi connectivity index (χ1v) is 12.2. The molecular weight excluding hydrogens is 386 g/mol. The van der Waals surface area contributed by atoms with E-state index in [4.69, 9.17) is 4.99 Å². The Morgan fingerprint density at radius 2 is 1.94 bits per heavy atom. The Balaban J connectivity index is 1.86. The highest BCUT2D eigenvalue weighted by molar-refractivity contribution is 5.92. The molecule has 0 spiro atoms. The molecular formula is C25H43N5O. The lowest BCUT2D eigenvalue weighted by atomic mass is 10.1. The fourth-order valence-electron chi connectivity index (χ4n) is 4.14. The van der Waals surface area contributed by atoms with Gasteiger partial charge in [-0.1, -0.05) is 38.8 Å². The molecule has 1 amide bonds. The first-order valence-electron chi connectivity index (χ1n) is 12.2. The minimum atomic E-state index is 0.159. The molecule has 0 heterocycles. The van der Waals surface area contributed by atoms with Crippen LogP contribution in [-0.2, 0) is 11.3 Å². The average Bonchev–Trinajstić information content (AvgIpc) is 3.31. The highest BCUT2D eigenvalue weighted by atomic mass is 16.1. The molecule has 1 saturated carbocycles. The summed E-state index contributed by atoms with van der Waals surface area (Å²) >= 11 is 0. The molecule has 6 nitrogen and oxygen atoms in total. The summed E-state index contributed by atoms with van der Waals surface area (Å²) in [6, 6.07) is 8.41. The fourth-order valence-corrected chi connectivity index (χ4v) is 4.14. The zero-order valence-electron chi connectivity index (χ0n) is 20.0. The van der Waals surface area contributed by atoms with Gasteiger partial charge in [0.25, 0.3) is 0 Å². The zero-order valence-corrected chi connectivity index (χ0v) is 20.0. The van der Waals surface area contributed by atoms with Crippen LogP contribution in [0.3, 0.4) is 0 Å². The average molecular weight is 430 g/mol. The molecule has 0 saturated heterocycles. The summed E-state index contributed by atoms with van der Waals surface area (Å²) in [6.45, 7) is 13.5. The van der Waals surface area contributed by atoms with E-state index in [2.05, 4.69) is 54.6 Å². The molecule has 0 bridgehead atoms. The van der Waals surface area contributed by atoms with Gasteiger partial charge in [-0.25, -0.2) is 4.99 Å². The Hall–Kier alpha value is -2.08. The fraction of sp³-hybridized carbons (Fsp3) is 0.680. The van der Waals surface area contributed by atoms with Crippen molar-refractivity contribution >= 4 is 17.6 Å². The predicted octanol–water partition coefficient (Wildman–Crippen LogP) is 4.38. The molecule has 3 N–H and O–H groups in total. The number of rotatable bonds is 12. The third-order valence-corrected chi connectivity index (χ3v) is 6.07. The van der Waals surface area contributed by atoms with E-state index in [-0.39, 0.29) is 11.8 Å². The van der Waals surface area contributed by atoms with Gasteiger partial charge in [0.15, 0.2) is 5.96 Å². The van der Waals surface area contributed by atoms with Gasteiger partial charge in [0.1, 0.15) is 0 Å². The lowest BCUT2D eigenvalue weighted by molar-refractivity contribution is -0.119. The van der Waals surface area contributed by atoms with Gasteiger partial charge in [-0.3, -0.25) is 4.79 Å². The van der Waals surface area contributed by atoms with Crippen molar-refractivity contribution in [2.75, 3.05) is 31.5 Å². The normalized spacial score (nSPS) is 15.8. The lowest BCUT2D eigenvalue weighted by Crippen LogP contribution is -2.42. The first kappa shape index (κ1) is 25.2. The van der Waals surface area contributed by atoms with E-state index in [1.54, 1.807) is 0 Å². The summed E-state index contributed by atoms with van der Waals surface area (Å²) in [5.41, 5.74) is 1.96. The molecule has 174 valence electrons. The van der Waals surface area contributed by atoms with Gasteiger partial charge in [-0.05, 0) is 76.9 Å². The second-order valence-corrected chi connectivity index (χ2v) is 8.58. The Morgan fingerprint density at radius 3 is 2.61 bits per heavy atom. The van der Waals surface area contributed by atoms with Gasteiger partial charge < -0.3 is 20.9 Å². The van der Waals surface area contributed by atoms with E-state index in [0.29, 0.717) is 12.6 Å². The standard InChI is InChI=1S/C25H43N5O/c1-5-26-25(28-20(4)12-11-17-30(6-2)7-3)27-19-21-13-10-16-23(18-21)29-24(31)22-14-8-9-15-22/h10,13,16,18,20,22H,5-9,11-12,14-15,17,19H2,1-4H3,(H,29,31)(H2,26,27,28). The number of aliphatic imine (C=N–C) groups is 1. The van der Waals surface area contributed by atoms with E-state index in [1.807, 2.05) is 18.2 Å². The van der Waals surface area contributed by atoms with Crippen LogP contribution in [0.4, 0.5) is 5.69 Å². The van der Waals surface area contributed by atoms with Crippen molar-refractivity contribution in [2.24, 2.45) is 10.9 Å². The number of benzene rings is 1. The second kappa shape index (κ2) is 14.1. The molecule has 1 aliphatic rings. The zero-order chi connectivity index (χ0) is 22.5. The topological polar surface area (TPSA) is 68.8 Å². The quantitative estimate of drug-likeness (QED) is 0.341. The first-order chi connectivity index (χ1) is 15.0. The maximum Gasteiger partial charge on any atom is 0.227 e. The minimum Gasteiger partial charge on any atom is -0.357 e. The summed E-state index contributed by atoms with van der Waals surface area (Å²) in [6.07, 6.45) is 6.66. The van der Waals surface area contributed by atoms with Crippen molar-refractivity contribution in [3.05, 3.63) is 29.8 Å². The number of hydrogen-bond donors (Lipinski definition) is 3. The number of carbonyl (C=O) groups excluding carboxylic acids is 1.